The highest BCUT2D eigenvalue weighted by atomic mass is 19.4. The predicted octanol–water partition coefficient (Wildman–Crippen LogP) is 6.45. The van der Waals surface area contributed by atoms with E-state index in [9.17, 15) is 31.1 Å². The van der Waals surface area contributed by atoms with Crippen LogP contribution in [-0.2, 0) is 30.1 Å². The molecule has 188 valence electrons. The van der Waals surface area contributed by atoms with Gasteiger partial charge in [-0.25, -0.2) is 0 Å². The van der Waals surface area contributed by atoms with Crippen molar-refractivity contribution in [2.45, 2.75) is 38.2 Å². The van der Waals surface area contributed by atoms with Crippen molar-refractivity contribution in [3.63, 3.8) is 0 Å². The number of hydrogen-bond acceptors (Lipinski definition) is 3. The molecule has 10 heteroatoms. The number of hydrogen-bond donors (Lipinski definition) is 2. The van der Waals surface area contributed by atoms with Crippen molar-refractivity contribution >= 4 is 16.7 Å². The minimum absolute atomic E-state index is 0.00117. The molecule has 3 aromatic rings. The minimum Gasteiger partial charge on any atom is -0.494 e. The monoisotopic (exact) mass is 499 g/mol. The highest BCUT2D eigenvalue weighted by Gasteiger charge is 2.36. The lowest BCUT2D eigenvalue weighted by molar-refractivity contribution is -0.143. The van der Waals surface area contributed by atoms with E-state index in [1.165, 1.54) is 0 Å². The standard InChI is InChI=1S/C25H23F6NO3/c26-24(27,28)20-11-16(12-21(14-20)25(29,30)31)2-1-9-35-22-6-5-18-10-17(3-4-19(18)13-22)15-32-8-7-23(33)34/h3-6,10-14,32H,1-2,7-9,15H2,(H,33,34). The number of rotatable bonds is 10. The molecule has 0 aromatic heterocycles. The van der Waals surface area contributed by atoms with Crippen molar-refractivity contribution in [2.24, 2.45) is 0 Å². The maximum absolute atomic E-state index is 13.0. The van der Waals surface area contributed by atoms with Crippen LogP contribution in [0.25, 0.3) is 10.8 Å². The van der Waals surface area contributed by atoms with Gasteiger partial charge in [0.1, 0.15) is 5.75 Å². The van der Waals surface area contributed by atoms with Crippen molar-refractivity contribution in [2.75, 3.05) is 13.2 Å². The van der Waals surface area contributed by atoms with Crippen LogP contribution in [0.15, 0.2) is 54.6 Å². The van der Waals surface area contributed by atoms with Crippen molar-refractivity contribution in [3.05, 3.63) is 76.9 Å². The van der Waals surface area contributed by atoms with Gasteiger partial charge in [0.2, 0.25) is 0 Å². The number of fused-ring (bicyclic) bond motifs is 1. The Kier molecular flexibility index (Phi) is 8.26. The van der Waals surface area contributed by atoms with Crippen LogP contribution in [0.4, 0.5) is 26.3 Å². The largest absolute Gasteiger partial charge is 0.494 e. The molecule has 0 bridgehead atoms. The number of ether oxygens (including phenoxy) is 1. The summed E-state index contributed by atoms with van der Waals surface area (Å²) in [5, 5.41) is 13.5. The molecule has 3 aromatic carbocycles. The second-order valence-electron chi connectivity index (χ2n) is 8.03. The SMILES string of the molecule is O=C(O)CCNCc1ccc2cc(OCCCc3cc(C(F)(F)F)cc(C(F)(F)F)c3)ccc2c1. The van der Waals surface area contributed by atoms with Crippen LogP contribution < -0.4 is 10.1 Å². The molecule has 0 heterocycles. The molecule has 0 saturated heterocycles. The first-order valence-electron chi connectivity index (χ1n) is 10.8. The van der Waals surface area contributed by atoms with Gasteiger partial charge >= 0.3 is 18.3 Å². The van der Waals surface area contributed by atoms with E-state index in [4.69, 9.17) is 9.84 Å². The Bertz CT molecular complexity index is 1140. The van der Waals surface area contributed by atoms with Gasteiger partial charge in [-0.1, -0.05) is 18.2 Å². The molecule has 0 atom stereocenters. The molecule has 0 aliphatic heterocycles. The van der Waals surface area contributed by atoms with Crippen LogP contribution in [0.5, 0.6) is 5.75 Å². The molecule has 0 aliphatic carbocycles. The maximum Gasteiger partial charge on any atom is 0.416 e. The van der Waals surface area contributed by atoms with E-state index in [0.717, 1.165) is 28.5 Å². The molecule has 3 rings (SSSR count). The van der Waals surface area contributed by atoms with E-state index in [-0.39, 0.29) is 37.5 Å². The third-order valence-electron chi connectivity index (χ3n) is 5.25. The van der Waals surface area contributed by atoms with Gasteiger partial charge in [-0.05, 0) is 71.1 Å². The molecule has 35 heavy (non-hydrogen) atoms. The summed E-state index contributed by atoms with van der Waals surface area (Å²) in [5.74, 6) is -0.339. The van der Waals surface area contributed by atoms with Crippen LogP contribution in [0, 0.1) is 0 Å². The number of carboxylic acid groups (broad SMARTS) is 1. The fourth-order valence-electron chi connectivity index (χ4n) is 3.53. The summed E-state index contributed by atoms with van der Waals surface area (Å²) >= 11 is 0. The Hall–Kier alpha value is -3.27. The van der Waals surface area contributed by atoms with Crippen LogP contribution in [0.2, 0.25) is 0 Å². The van der Waals surface area contributed by atoms with Crippen molar-refractivity contribution in [1.82, 2.24) is 5.32 Å². The molecular formula is C25H23F6NO3. The number of aliphatic carboxylic acids is 1. The third-order valence-corrected chi connectivity index (χ3v) is 5.25. The van der Waals surface area contributed by atoms with Gasteiger partial charge in [-0.2, -0.15) is 26.3 Å². The molecular weight excluding hydrogens is 476 g/mol. The number of nitrogens with one attached hydrogen (secondary N) is 1. The normalized spacial score (nSPS) is 12.2. The van der Waals surface area contributed by atoms with Crippen molar-refractivity contribution in [1.29, 1.82) is 0 Å². The second-order valence-corrected chi connectivity index (χ2v) is 8.03. The number of carboxylic acids is 1. The lowest BCUT2D eigenvalue weighted by atomic mass is 10.0. The van der Waals surface area contributed by atoms with Gasteiger partial charge < -0.3 is 15.2 Å². The van der Waals surface area contributed by atoms with Crippen molar-refractivity contribution < 1.29 is 41.0 Å². The molecule has 0 amide bonds. The van der Waals surface area contributed by atoms with Gasteiger partial charge in [0, 0.05) is 13.1 Å². The zero-order chi connectivity index (χ0) is 25.6. The molecule has 0 aliphatic rings. The lowest BCUT2D eigenvalue weighted by Crippen LogP contribution is -2.17. The van der Waals surface area contributed by atoms with Crippen LogP contribution >= 0.6 is 0 Å². The number of benzene rings is 3. The Morgan fingerprint density at radius 1 is 0.829 bits per heavy atom. The maximum atomic E-state index is 13.0. The van der Waals surface area contributed by atoms with Crippen LogP contribution in [-0.4, -0.2) is 24.2 Å². The first-order chi connectivity index (χ1) is 16.4. The van der Waals surface area contributed by atoms with E-state index < -0.39 is 29.4 Å². The Balaban J connectivity index is 1.57. The molecule has 0 fully saturated rings. The van der Waals surface area contributed by atoms with Gasteiger partial charge in [0.25, 0.3) is 0 Å². The molecule has 0 unspecified atom stereocenters. The van der Waals surface area contributed by atoms with Crippen LogP contribution in [0.3, 0.4) is 0 Å². The average molecular weight is 499 g/mol. The smallest absolute Gasteiger partial charge is 0.416 e. The van der Waals surface area contributed by atoms with Gasteiger partial charge in [-0.15, -0.1) is 0 Å². The first kappa shape index (κ1) is 26.3. The van der Waals surface area contributed by atoms with Gasteiger partial charge in [0.15, 0.2) is 0 Å². The van der Waals surface area contributed by atoms with Crippen molar-refractivity contribution in [3.8, 4) is 5.75 Å². The summed E-state index contributed by atoms with van der Waals surface area (Å²) in [7, 11) is 0. The fourth-order valence-corrected chi connectivity index (χ4v) is 3.53. The quantitative estimate of drug-likeness (QED) is 0.249. The summed E-state index contributed by atoms with van der Waals surface area (Å²) in [6.07, 6.45) is -9.47. The predicted molar refractivity (Wildman–Crippen MR) is 118 cm³/mol. The number of aryl methyl sites for hydroxylation is 1. The molecule has 0 spiro atoms. The fraction of sp³-hybridized carbons (Fsp3) is 0.320. The summed E-state index contributed by atoms with van der Waals surface area (Å²) in [6.45, 7) is 1.000. The zero-order valence-electron chi connectivity index (χ0n) is 18.5. The van der Waals surface area contributed by atoms with E-state index in [1.807, 2.05) is 24.3 Å². The molecule has 2 N–H and O–H groups in total. The van der Waals surface area contributed by atoms with E-state index in [0.29, 0.717) is 18.8 Å². The summed E-state index contributed by atoms with van der Waals surface area (Å²) in [6, 6.07) is 12.7. The molecule has 0 saturated carbocycles. The third kappa shape index (κ3) is 7.88. The van der Waals surface area contributed by atoms with Gasteiger partial charge in [0.05, 0.1) is 24.2 Å². The first-order valence-corrected chi connectivity index (χ1v) is 10.8. The summed E-state index contributed by atoms with van der Waals surface area (Å²) in [4.78, 5) is 10.5. The second kappa shape index (κ2) is 11.0. The Morgan fingerprint density at radius 3 is 2.09 bits per heavy atom. The lowest BCUT2D eigenvalue weighted by Gasteiger charge is -2.14. The number of halogens is 6. The Labute approximate surface area is 197 Å². The number of carbonyl (C=O) groups is 1. The van der Waals surface area contributed by atoms with Crippen LogP contribution in [0.1, 0.15) is 35.1 Å². The van der Waals surface area contributed by atoms with E-state index in [1.54, 1.807) is 12.1 Å². The minimum atomic E-state index is -4.87. The topological polar surface area (TPSA) is 58.6 Å². The average Bonchev–Trinajstić information content (AvgIpc) is 2.78. The number of alkyl halides is 6. The molecule has 0 radical (unpaired) electrons. The highest BCUT2D eigenvalue weighted by Crippen LogP contribution is 2.36. The summed E-state index contributed by atoms with van der Waals surface area (Å²) < 4.78 is 83.6. The summed E-state index contributed by atoms with van der Waals surface area (Å²) in [5.41, 5.74) is -1.72. The van der Waals surface area contributed by atoms with Gasteiger partial charge in [-0.3, -0.25) is 4.79 Å². The highest BCUT2D eigenvalue weighted by molar-refractivity contribution is 5.84. The molecule has 4 nitrogen and oxygen atoms in total. The van der Waals surface area contributed by atoms with E-state index >= 15 is 0 Å². The van der Waals surface area contributed by atoms with E-state index in [2.05, 4.69) is 5.32 Å². The Morgan fingerprint density at radius 2 is 1.46 bits per heavy atom. The zero-order valence-corrected chi connectivity index (χ0v) is 18.5.